The van der Waals surface area contributed by atoms with Gasteiger partial charge in [0.2, 0.25) is 11.8 Å². The number of carbonyl (C=O) groups is 2. The summed E-state index contributed by atoms with van der Waals surface area (Å²) in [7, 11) is 3.24. The lowest BCUT2D eigenvalue weighted by Crippen LogP contribution is -2.51. The second-order valence-corrected chi connectivity index (χ2v) is 6.67. The highest BCUT2D eigenvalue weighted by Crippen LogP contribution is 2.37. The molecular formula is C18H24N2O4. The van der Waals surface area contributed by atoms with Crippen LogP contribution in [0.25, 0.3) is 0 Å². The quantitative estimate of drug-likeness (QED) is 0.866. The van der Waals surface area contributed by atoms with E-state index in [1.807, 2.05) is 6.07 Å². The zero-order valence-corrected chi connectivity index (χ0v) is 14.2. The molecule has 6 nitrogen and oxygen atoms in total. The summed E-state index contributed by atoms with van der Waals surface area (Å²) in [6.45, 7) is 0.503. The van der Waals surface area contributed by atoms with Crippen molar-refractivity contribution in [1.29, 1.82) is 0 Å². The van der Waals surface area contributed by atoms with E-state index in [0.29, 0.717) is 18.0 Å². The first kappa shape index (κ1) is 16.8. The van der Waals surface area contributed by atoms with Gasteiger partial charge in [0.05, 0.1) is 25.2 Å². The average Bonchev–Trinajstić information content (AvgIpc) is 3.02. The molecule has 6 heteroatoms. The molecule has 1 saturated carbocycles. The van der Waals surface area contributed by atoms with E-state index in [1.54, 1.807) is 26.4 Å². The molecule has 130 valence electrons. The van der Waals surface area contributed by atoms with Crippen LogP contribution >= 0.6 is 0 Å². The fourth-order valence-corrected chi connectivity index (χ4v) is 3.78. The summed E-state index contributed by atoms with van der Waals surface area (Å²) in [6, 6.07) is 5.39. The molecular weight excluding hydrogens is 308 g/mol. The summed E-state index contributed by atoms with van der Waals surface area (Å²) in [6.07, 6.45) is 4.14. The Morgan fingerprint density at radius 1 is 1.33 bits per heavy atom. The van der Waals surface area contributed by atoms with Gasteiger partial charge < -0.3 is 20.1 Å². The van der Waals surface area contributed by atoms with Gasteiger partial charge in [-0.2, -0.15) is 0 Å². The largest absolute Gasteiger partial charge is 0.497 e. The first-order valence-electron chi connectivity index (χ1n) is 8.36. The predicted molar refractivity (Wildman–Crippen MR) is 90.2 cm³/mol. The Morgan fingerprint density at radius 2 is 2.08 bits per heavy atom. The van der Waals surface area contributed by atoms with Crippen molar-refractivity contribution in [2.75, 3.05) is 26.1 Å². The van der Waals surface area contributed by atoms with Gasteiger partial charge in [-0.25, -0.2) is 0 Å². The summed E-state index contributed by atoms with van der Waals surface area (Å²) in [5.74, 6) is -0.0771. The van der Waals surface area contributed by atoms with Crippen LogP contribution in [-0.4, -0.2) is 38.2 Å². The van der Waals surface area contributed by atoms with Crippen LogP contribution in [0, 0.1) is 0 Å². The Morgan fingerprint density at radius 3 is 2.75 bits per heavy atom. The number of fused-ring (bicyclic) bond motifs is 1. The van der Waals surface area contributed by atoms with E-state index in [4.69, 9.17) is 9.47 Å². The molecule has 24 heavy (non-hydrogen) atoms. The van der Waals surface area contributed by atoms with Crippen LogP contribution in [0.5, 0.6) is 5.75 Å². The average molecular weight is 332 g/mol. The zero-order chi connectivity index (χ0) is 17.2. The number of ether oxygens (including phenoxy) is 2. The molecule has 1 fully saturated rings. The van der Waals surface area contributed by atoms with Crippen LogP contribution in [0.1, 0.15) is 43.6 Å². The van der Waals surface area contributed by atoms with Gasteiger partial charge in [-0.05, 0) is 36.6 Å². The van der Waals surface area contributed by atoms with Crippen LogP contribution in [0.3, 0.4) is 0 Å². The smallest absolute Gasteiger partial charge is 0.228 e. The molecule has 2 aliphatic rings. The molecule has 1 unspecified atom stereocenters. The second kappa shape index (κ2) is 6.81. The van der Waals surface area contributed by atoms with Crippen molar-refractivity contribution in [1.82, 2.24) is 5.32 Å². The Kier molecular flexibility index (Phi) is 4.76. The lowest BCUT2D eigenvalue weighted by molar-refractivity contribution is -0.128. The lowest BCUT2D eigenvalue weighted by Gasteiger charge is -2.33. The van der Waals surface area contributed by atoms with Gasteiger partial charge in [0, 0.05) is 19.2 Å². The summed E-state index contributed by atoms with van der Waals surface area (Å²) in [5.41, 5.74) is 1.18. The number of carbonyl (C=O) groups excluding carboxylic acids is 2. The first-order valence-corrected chi connectivity index (χ1v) is 8.36. The molecule has 0 spiro atoms. The van der Waals surface area contributed by atoms with Crippen molar-refractivity contribution in [2.45, 2.75) is 43.6 Å². The highest BCUT2D eigenvalue weighted by molar-refractivity contribution is 6.01. The van der Waals surface area contributed by atoms with E-state index in [1.165, 1.54) is 0 Å². The molecule has 0 radical (unpaired) electrons. The van der Waals surface area contributed by atoms with Crippen LogP contribution in [-0.2, 0) is 14.3 Å². The van der Waals surface area contributed by atoms with E-state index >= 15 is 0 Å². The fourth-order valence-electron chi connectivity index (χ4n) is 3.78. The number of methoxy groups -OCH3 is 2. The molecule has 1 heterocycles. The normalized spacial score (nSPS) is 21.8. The van der Waals surface area contributed by atoms with E-state index in [9.17, 15) is 9.59 Å². The second-order valence-electron chi connectivity index (χ2n) is 6.67. The molecule has 0 saturated heterocycles. The van der Waals surface area contributed by atoms with Crippen molar-refractivity contribution < 1.29 is 19.1 Å². The predicted octanol–water partition coefficient (Wildman–Crippen LogP) is 2.20. The highest BCUT2D eigenvalue weighted by atomic mass is 16.5. The van der Waals surface area contributed by atoms with E-state index < -0.39 is 5.92 Å². The number of amides is 2. The molecule has 2 amide bonds. The molecule has 1 aliphatic carbocycles. The standard InChI is InChI=1S/C18H24N2O4/c1-23-11-18(7-3-4-8-18)20-17(22)14-10-16(21)19-15-6-5-12(24-2)9-13(14)15/h5-6,9,14H,3-4,7-8,10-11H2,1-2H3,(H,19,21)(H,20,22). The Labute approximate surface area is 141 Å². The summed E-state index contributed by atoms with van der Waals surface area (Å²) in [4.78, 5) is 24.9. The molecule has 1 aromatic carbocycles. The number of hydrogen-bond acceptors (Lipinski definition) is 4. The van der Waals surface area contributed by atoms with E-state index in [-0.39, 0.29) is 23.8 Å². The van der Waals surface area contributed by atoms with Gasteiger partial charge in [0.1, 0.15) is 5.75 Å². The number of nitrogens with one attached hydrogen (secondary N) is 2. The van der Waals surface area contributed by atoms with Crippen LogP contribution < -0.4 is 15.4 Å². The minimum absolute atomic E-state index is 0.113. The molecule has 1 aromatic rings. The van der Waals surface area contributed by atoms with Gasteiger partial charge in [-0.15, -0.1) is 0 Å². The van der Waals surface area contributed by atoms with Crippen molar-refractivity contribution in [3.63, 3.8) is 0 Å². The van der Waals surface area contributed by atoms with Crippen LogP contribution in [0.2, 0.25) is 0 Å². The molecule has 3 rings (SSSR count). The maximum Gasteiger partial charge on any atom is 0.228 e. The zero-order valence-electron chi connectivity index (χ0n) is 14.2. The topological polar surface area (TPSA) is 76.7 Å². The number of anilines is 1. The maximum absolute atomic E-state index is 13.0. The summed E-state index contributed by atoms with van der Waals surface area (Å²) >= 11 is 0. The monoisotopic (exact) mass is 332 g/mol. The SMILES string of the molecule is COCC1(NC(=O)C2CC(=O)Nc3ccc(OC)cc32)CCCC1. The molecule has 1 atom stereocenters. The molecule has 1 aliphatic heterocycles. The van der Waals surface area contributed by atoms with Crippen molar-refractivity contribution >= 4 is 17.5 Å². The first-order chi connectivity index (χ1) is 11.6. The minimum Gasteiger partial charge on any atom is -0.497 e. The number of benzene rings is 1. The summed E-state index contributed by atoms with van der Waals surface area (Å²) in [5, 5.41) is 6.00. The maximum atomic E-state index is 13.0. The van der Waals surface area contributed by atoms with E-state index in [2.05, 4.69) is 10.6 Å². The third-order valence-corrected chi connectivity index (χ3v) is 4.98. The lowest BCUT2D eigenvalue weighted by atomic mass is 9.88. The highest BCUT2D eigenvalue weighted by Gasteiger charge is 2.39. The van der Waals surface area contributed by atoms with Gasteiger partial charge in [-0.3, -0.25) is 9.59 Å². The third-order valence-electron chi connectivity index (χ3n) is 4.98. The van der Waals surface area contributed by atoms with Crippen LogP contribution in [0.15, 0.2) is 18.2 Å². The molecule has 2 N–H and O–H groups in total. The van der Waals surface area contributed by atoms with E-state index in [0.717, 1.165) is 31.2 Å². The Balaban J connectivity index is 1.86. The van der Waals surface area contributed by atoms with Crippen LogP contribution in [0.4, 0.5) is 5.69 Å². The van der Waals surface area contributed by atoms with Gasteiger partial charge >= 0.3 is 0 Å². The molecule has 0 aromatic heterocycles. The molecule has 0 bridgehead atoms. The summed E-state index contributed by atoms with van der Waals surface area (Å²) < 4.78 is 10.6. The Hall–Kier alpha value is -2.08. The number of hydrogen-bond donors (Lipinski definition) is 2. The van der Waals surface area contributed by atoms with Crippen molar-refractivity contribution in [3.8, 4) is 5.75 Å². The fraction of sp³-hybridized carbons (Fsp3) is 0.556. The minimum atomic E-state index is -0.502. The van der Waals surface area contributed by atoms with Gasteiger partial charge in [0.15, 0.2) is 0 Å². The van der Waals surface area contributed by atoms with Gasteiger partial charge in [-0.1, -0.05) is 12.8 Å². The van der Waals surface area contributed by atoms with Gasteiger partial charge in [0.25, 0.3) is 0 Å². The third kappa shape index (κ3) is 3.24. The van der Waals surface area contributed by atoms with Crippen molar-refractivity contribution in [2.24, 2.45) is 0 Å². The number of rotatable bonds is 5. The van der Waals surface area contributed by atoms with Crippen molar-refractivity contribution in [3.05, 3.63) is 23.8 Å². The Bertz CT molecular complexity index is 638.